The lowest BCUT2D eigenvalue weighted by molar-refractivity contribution is -0.0208. The summed E-state index contributed by atoms with van der Waals surface area (Å²) in [4.78, 5) is 2.06. The summed E-state index contributed by atoms with van der Waals surface area (Å²) in [7, 11) is 2.73. The van der Waals surface area contributed by atoms with Crippen molar-refractivity contribution in [3.63, 3.8) is 0 Å². The first kappa shape index (κ1) is 37.5. The van der Waals surface area contributed by atoms with Gasteiger partial charge in [-0.25, -0.2) is 8.96 Å². The molecule has 49 heavy (non-hydrogen) atoms. The molecule has 4 aromatic carbocycles. The van der Waals surface area contributed by atoms with Crippen LogP contribution in [-0.4, -0.2) is 32.6 Å². The van der Waals surface area contributed by atoms with Crippen LogP contribution in [0.25, 0.3) is 0 Å². The number of nitriles is 1. The van der Waals surface area contributed by atoms with E-state index < -0.39 is 26.7 Å². The van der Waals surface area contributed by atoms with Crippen molar-refractivity contribution in [3.8, 4) is 17.6 Å². The maximum atomic E-state index is 14.9. The Balaban J connectivity index is 1.94. The maximum Gasteiger partial charge on any atom is 0.327 e. The fourth-order valence-corrected chi connectivity index (χ4v) is 6.53. The molecule has 0 aromatic heterocycles. The van der Waals surface area contributed by atoms with E-state index in [0.717, 1.165) is 16.7 Å². The Kier molecular flexibility index (Phi) is 13.3. The number of methoxy groups -OCH3 is 2. The van der Waals surface area contributed by atoms with Crippen LogP contribution in [-0.2, 0) is 44.1 Å². The lowest BCUT2D eigenvalue weighted by atomic mass is 9.80. The summed E-state index contributed by atoms with van der Waals surface area (Å²) in [5.74, 6) is 1.40. The third kappa shape index (κ3) is 8.65. The van der Waals surface area contributed by atoms with Crippen LogP contribution in [0.2, 0.25) is 0 Å². The molecule has 0 N–H and O–H groups in total. The molecule has 8 nitrogen and oxygen atoms in total. The average molecular weight is 687 g/mol. The van der Waals surface area contributed by atoms with Crippen LogP contribution in [0, 0.1) is 11.3 Å². The lowest BCUT2D eigenvalue weighted by Crippen LogP contribution is -2.50. The minimum Gasteiger partial charge on any atom is -0.497 e. The summed E-state index contributed by atoms with van der Waals surface area (Å²) < 4.78 is 56.0. The van der Waals surface area contributed by atoms with Gasteiger partial charge in [-0.3, -0.25) is 4.52 Å². The summed E-state index contributed by atoms with van der Waals surface area (Å²) in [5, 5.41) is 9.11. The number of benzene rings is 4. The van der Waals surface area contributed by atoms with Gasteiger partial charge in [-0.15, -0.1) is 0 Å². The van der Waals surface area contributed by atoms with Crippen molar-refractivity contribution in [2.75, 3.05) is 25.7 Å². The van der Waals surface area contributed by atoms with Gasteiger partial charge in [0.05, 0.1) is 46.5 Å². The topological polar surface area (TPSA) is 90.3 Å². The molecule has 0 atom stereocenters. The molecule has 0 saturated heterocycles. The van der Waals surface area contributed by atoms with Gasteiger partial charge >= 0.3 is 8.69 Å². The molecule has 0 heterocycles. The third-order valence-corrected chi connectivity index (χ3v) is 8.72. The number of rotatable bonds is 18. The molecular weight excluding hydrogens is 642 g/mol. The zero-order chi connectivity index (χ0) is 35.4. The Bertz CT molecular complexity index is 1640. The fourth-order valence-electron chi connectivity index (χ4n) is 6.35. The van der Waals surface area contributed by atoms with Crippen LogP contribution in [0.4, 0.5) is 10.1 Å². The van der Waals surface area contributed by atoms with Gasteiger partial charge in [0, 0.05) is 11.7 Å². The van der Waals surface area contributed by atoms with Crippen molar-refractivity contribution in [2.24, 2.45) is 0 Å². The molecule has 4 rings (SSSR count). The molecule has 258 valence electrons. The van der Waals surface area contributed by atoms with Crippen LogP contribution in [0.1, 0.15) is 67.5 Å². The molecule has 0 amide bonds. The number of anilines is 1. The van der Waals surface area contributed by atoms with Gasteiger partial charge in [0.25, 0.3) is 0 Å². The molecule has 0 spiro atoms. The number of alkyl halides is 1. The van der Waals surface area contributed by atoms with Crippen LogP contribution in [0.3, 0.4) is 0 Å². The summed E-state index contributed by atoms with van der Waals surface area (Å²) >= 11 is 0. The Hall–Kier alpha value is -4.32. The molecule has 4 aromatic rings. The molecule has 0 aliphatic carbocycles. The zero-order valence-corrected chi connectivity index (χ0v) is 29.8. The molecule has 0 radical (unpaired) electrons. The highest BCUT2D eigenvalue weighted by Gasteiger charge is 2.39. The van der Waals surface area contributed by atoms with Crippen molar-refractivity contribution in [1.29, 1.82) is 5.26 Å². The number of hydrogen-bond donors (Lipinski definition) is 0. The second-order valence-corrected chi connectivity index (χ2v) is 12.6. The quantitative estimate of drug-likeness (QED) is 0.0443. The minimum atomic E-state index is -1.13. The second-order valence-electron chi connectivity index (χ2n) is 12.2. The minimum absolute atomic E-state index is 0.0316. The molecule has 0 aliphatic rings. The third-order valence-electron chi connectivity index (χ3n) is 8.49. The molecular formula is C39H44FN2O6P. The Labute approximate surface area is 290 Å². The van der Waals surface area contributed by atoms with Crippen LogP contribution in [0.5, 0.6) is 11.5 Å². The highest BCUT2D eigenvalue weighted by atomic mass is 31.1. The van der Waals surface area contributed by atoms with E-state index in [-0.39, 0.29) is 32.3 Å². The highest BCUT2D eigenvalue weighted by molar-refractivity contribution is 7.17. The largest absolute Gasteiger partial charge is 0.497 e. The molecule has 0 saturated carbocycles. The predicted octanol–water partition coefficient (Wildman–Crippen LogP) is 9.29. The smallest absolute Gasteiger partial charge is 0.327 e. The van der Waals surface area contributed by atoms with Gasteiger partial charge in [-0.1, -0.05) is 54.6 Å². The van der Waals surface area contributed by atoms with E-state index >= 15 is 0 Å². The number of nitrogens with zero attached hydrogens (tertiary/aromatic N) is 2. The molecule has 0 bridgehead atoms. The predicted molar refractivity (Wildman–Crippen MR) is 189 cm³/mol. The summed E-state index contributed by atoms with van der Waals surface area (Å²) in [6.45, 7) is 7.33. The number of halogens is 1. The van der Waals surface area contributed by atoms with E-state index in [2.05, 4.69) is 11.0 Å². The van der Waals surface area contributed by atoms with Gasteiger partial charge in [-0.2, -0.15) is 5.26 Å². The van der Waals surface area contributed by atoms with Gasteiger partial charge in [-0.05, 0) is 97.5 Å². The number of hydrogen-bond acceptors (Lipinski definition) is 8. The van der Waals surface area contributed by atoms with Crippen LogP contribution < -0.4 is 14.4 Å². The van der Waals surface area contributed by atoms with Crippen molar-refractivity contribution in [1.82, 2.24) is 0 Å². The van der Waals surface area contributed by atoms with Gasteiger partial charge in [0.2, 0.25) is 0 Å². The van der Waals surface area contributed by atoms with E-state index in [9.17, 15) is 8.96 Å². The van der Waals surface area contributed by atoms with Crippen molar-refractivity contribution in [3.05, 3.63) is 124 Å². The lowest BCUT2D eigenvalue weighted by Gasteiger charge is -2.43. The van der Waals surface area contributed by atoms with E-state index in [4.69, 9.17) is 28.7 Å². The second kappa shape index (κ2) is 17.4. The van der Waals surface area contributed by atoms with Crippen LogP contribution in [0.15, 0.2) is 91.0 Å². The fraction of sp³-hybridized carbons (Fsp3) is 0.359. The van der Waals surface area contributed by atoms with Crippen molar-refractivity contribution in [2.45, 2.75) is 71.4 Å². The number of ether oxygens (including phenoxy) is 4. The molecule has 10 heteroatoms. The van der Waals surface area contributed by atoms with E-state index in [0.29, 0.717) is 33.9 Å². The first-order valence-corrected chi connectivity index (χ1v) is 16.8. The standard InChI is InChI=1S/C39H44FN2O6P/c1-28(2)42(38(3,4)46-22-10-21-41)34-23-29(25-40)37(27-48-49-43)30(24-34)26-47-39(31-11-8-7-9-12-31,32-13-17-35(44-5)18-14-32)33-15-19-36(45-6)20-16-33/h7-9,11-20,23-24,28H,10,22,25-27H2,1-6H3. The van der Waals surface area contributed by atoms with Crippen LogP contribution >= 0.6 is 8.69 Å². The first-order chi connectivity index (χ1) is 23.6. The summed E-state index contributed by atoms with van der Waals surface area (Å²) in [6.07, 6.45) is 0.243. The normalized spacial score (nSPS) is 11.8. The van der Waals surface area contributed by atoms with Crippen molar-refractivity contribution < 1.29 is 32.4 Å². The summed E-state index contributed by atoms with van der Waals surface area (Å²) in [5.41, 5.74) is 2.92. The average Bonchev–Trinajstić information content (AvgIpc) is 3.11. The summed E-state index contributed by atoms with van der Waals surface area (Å²) in [6, 6.07) is 31.2. The maximum absolute atomic E-state index is 14.9. The van der Waals surface area contributed by atoms with E-state index in [1.54, 1.807) is 20.3 Å². The molecule has 0 fully saturated rings. The Morgan fingerprint density at radius 1 is 0.816 bits per heavy atom. The van der Waals surface area contributed by atoms with Gasteiger partial charge < -0.3 is 23.8 Å². The van der Waals surface area contributed by atoms with Gasteiger partial charge in [0.15, 0.2) is 0 Å². The molecule has 0 unspecified atom stereocenters. The highest BCUT2D eigenvalue weighted by Crippen LogP contribution is 2.43. The monoisotopic (exact) mass is 686 g/mol. The van der Waals surface area contributed by atoms with Gasteiger partial charge in [0.1, 0.15) is 29.5 Å². The van der Waals surface area contributed by atoms with Crippen molar-refractivity contribution >= 4 is 14.4 Å². The Morgan fingerprint density at radius 2 is 1.37 bits per heavy atom. The van der Waals surface area contributed by atoms with E-state index in [1.165, 1.54) is 0 Å². The first-order valence-electron chi connectivity index (χ1n) is 16.1. The van der Waals surface area contributed by atoms with E-state index in [1.807, 2.05) is 113 Å². The Morgan fingerprint density at radius 3 is 1.86 bits per heavy atom. The SMILES string of the molecule is COc1ccc(C(OCc2cc(N(C(C)C)C(C)(C)OCCC#N)cc(CF)c2COP=O)(c2ccccc2)c2ccc(OC)cc2)cc1. The zero-order valence-electron chi connectivity index (χ0n) is 28.9. The molecule has 0 aliphatic heterocycles.